The summed E-state index contributed by atoms with van der Waals surface area (Å²) in [6.45, 7) is 8.99. The van der Waals surface area contributed by atoms with Crippen molar-refractivity contribution in [3.8, 4) is 0 Å². The van der Waals surface area contributed by atoms with Gasteiger partial charge < -0.3 is 10.6 Å². The molecular formula is C15H25ClN2O. The van der Waals surface area contributed by atoms with Gasteiger partial charge in [-0.15, -0.1) is 12.4 Å². The highest BCUT2D eigenvalue weighted by Crippen LogP contribution is 2.28. The lowest BCUT2D eigenvalue weighted by molar-refractivity contribution is -0.115. The lowest BCUT2D eigenvalue weighted by atomic mass is 9.94. The number of hydrogen-bond donors (Lipinski definition) is 2. The first kappa shape index (κ1) is 17.9. The summed E-state index contributed by atoms with van der Waals surface area (Å²) >= 11 is 0. The molecule has 0 aromatic heterocycles. The molecule has 0 aliphatic carbocycles. The largest absolute Gasteiger partial charge is 0.325 e. The predicted molar refractivity (Wildman–Crippen MR) is 84.4 cm³/mol. The quantitative estimate of drug-likeness (QED) is 0.869. The molecule has 0 saturated carbocycles. The molecule has 0 unspecified atom stereocenters. The number of anilines is 1. The van der Waals surface area contributed by atoms with Crippen LogP contribution in [0.15, 0.2) is 18.2 Å². The van der Waals surface area contributed by atoms with Crippen LogP contribution in [0.5, 0.6) is 0 Å². The molecule has 1 aromatic rings. The fraction of sp³-hybridized carbons (Fsp3) is 0.533. The van der Waals surface area contributed by atoms with Crippen LogP contribution in [0.3, 0.4) is 0 Å². The second-order valence-corrected chi connectivity index (χ2v) is 5.23. The molecule has 0 atom stereocenters. The number of likely N-dealkylation sites (N-methyl/N-ethyl adjacent to an activating group) is 1. The van der Waals surface area contributed by atoms with Crippen molar-refractivity contribution in [3.05, 3.63) is 29.3 Å². The number of halogens is 1. The maximum absolute atomic E-state index is 11.6. The fourth-order valence-electron chi connectivity index (χ4n) is 1.89. The SMILES string of the molecule is CNCC(=O)Nc1ccc(C(C)C)cc1C(C)C.Cl. The van der Waals surface area contributed by atoms with Crippen LogP contribution in [-0.4, -0.2) is 19.5 Å². The Morgan fingerprint density at radius 2 is 1.79 bits per heavy atom. The Morgan fingerprint density at radius 3 is 2.26 bits per heavy atom. The van der Waals surface area contributed by atoms with Crippen molar-refractivity contribution in [2.45, 2.75) is 39.5 Å². The summed E-state index contributed by atoms with van der Waals surface area (Å²) in [6.07, 6.45) is 0. The summed E-state index contributed by atoms with van der Waals surface area (Å²) in [5, 5.41) is 5.81. The van der Waals surface area contributed by atoms with Crippen LogP contribution in [0.4, 0.5) is 5.69 Å². The Balaban J connectivity index is 0.00000324. The second kappa shape index (κ2) is 8.18. The number of rotatable bonds is 5. The normalized spacial score (nSPS) is 10.5. The Labute approximate surface area is 122 Å². The number of benzene rings is 1. The first-order chi connectivity index (χ1) is 8.45. The lowest BCUT2D eigenvalue weighted by Crippen LogP contribution is -2.25. The van der Waals surface area contributed by atoms with Crippen LogP contribution >= 0.6 is 12.4 Å². The highest BCUT2D eigenvalue weighted by molar-refractivity contribution is 5.93. The molecule has 1 amide bonds. The summed E-state index contributed by atoms with van der Waals surface area (Å²) in [5.41, 5.74) is 3.44. The molecule has 1 rings (SSSR count). The third-order valence-electron chi connectivity index (χ3n) is 2.98. The van der Waals surface area contributed by atoms with E-state index in [2.05, 4.69) is 50.5 Å². The molecule has 4 heteroatoms. The van der Waals surface area contributed by atoms with Crippen LogP contribution in [0.1, 0.15) is 50.7 Å². The van der Waals surface area contributed by atoms with Crippen molar-refractivity contribution in [1.82, 2.24) is 5.32 Å². The van der Waals surface area contributed by atoms with Gasteiger partial charge in [0.2, 0.25) is 5.91 Å². The Hall–Kier alpha value is -1.06. The number of carbonyl (C=O) groups excluding carboxylic acids is 1. The number of hydrogen-bond acceptors (Lipinski definition) is 2. The molecule has 0 bridgehead atoms. The lowest BCUT2D eigenvalue weighted by Gasteiger charge is -2.17. The topological polar surface area (TPSA) is 41.1 Å². The highest BCUT2D eigenvalue weighted by Gasteiger charge is 2.11. The summed E-state index contributed by atoms with van der Waals surface area (Å²) in [7, 11) is 1.77. The van der Waals surface area contributed by atoms with E-state index in [0.717, 1.165) is 5.69 Å². The fourth-order valence-corrected chi connectivity index (χ4v) is 1.89. The van der Waals surface area contributed by atoms with Crippen LogP contribution in [0.25, 0.3) is 0 Å². The average Bonchev–Trinajstić information content (AvgIpc) is 2.29. The standard InChI is InChI=1S/C15H24N2O.ClH/c1-10(2)12-6-7-14(13(8-12)11(3)4)17-15(18)9-16-5;/h6-8,10-11,16H,9H2,1-5H3,(H,17,18);1H. The molecule has 0 spiro atoms. The van der Waals surface area contributed by atoms with E-state index in [1.54, 1.807) is 7.05 Å². The van der Waals surface area contributed by atoms with E-state index >= 15 is 0 Å². The van der Waals surface area contributed by atoms with Crippen molar-refractivity contribution in [1.29, 1.82) is 0 Å². The zero-order valence-electron chi connectivity index (χ0n) is 12.4. The Bertz CT molecular complexity index is 417. The number of amides is 1. The van der Waals surface area contributed by atoms with Gasteiger partial charge in [0, 0.05) is 5.69 Å². The molecule has 0 saturated heterocycles. The number of carbonyl (C=O) groups is 1. The molecule has 3 nitrogen and oxygen atoms in total. The highest BCUT2D eigenvalue weighted by atomic mass is 35.5. The molecule has 2 N–H and O–H groups in total. The predicted octanol–water partition coefficient (Wildman–Crippen LogP) is 3.51. The van der Waals surface area contributed by atoms with Gasteiger partial charge in [0.1, 0.15) is 0 Å². The van der Waals surface area contributed by atoms with E-state index in [4.69, 9.17) is 0 Å². The van der Waals surface area contributed by atoms with Crippen molar-refractivity contribution in [2.75, 3.05) is 18.9 Å². The van der Waals surface area contributed by atoms with Crippen molar-refractivity contribution in [2.24, 2.45) is 0 Å². The van der Waals surface area contributed by atoms with Gasteiger partial charge in [-0.3, -0.25) is 4.79 Å². The molecule has 0 fully saturated rings. The van der Waals surface area contributed by atoms with Crippen LogP contribution in [-0.2, 0) is 4.79 Å². The van der Waals surface area contributed by atoms with E-state index in [-0.39, 0.29) is 18.3 Å². The minimum atomic E-state index is -0.00306. The minimum absolute atomic E-state index is 0. The Kier molecular flexibility index (Phi) is 7.72. The molecule has 0 aliphatic heterocycles. The molecule has 0 radical (unpaired) electrons. The van der Waals surface area contributed by atoms with Crippen LogP contribution in [0, 0.1) is 0 Å². The van der Waals surface area contributed by atoms with E-state index in [1.165, 1.54) is 11.1 Å². The molecule has 0 aliphatic rings. The van der Waals surface area contributed by atoms with Gasteiger partial charge in [0.05, 0.1) is 6.54 Å². The van der Waals surface area contributed by atoms with E-state index in [9.17, 15) is 4.79 Å². The van der Waals surface area contributed by atoms with Gasteiger partial charge in [0.15, 0.2) is 0 Å². The third-order valence-corrected chi connectivity index (χ3v) is 2.98. The summed E-state index contributed by atoms with van der Waals surface area (Å²) in [4.78, 5) is 11.6. The van der Waals surface area contributed by atoms with Crippen LogP contribution < -0.4 is 10.6 Å². The van der Waals surface area contributed by atoms with Crippen molar-refractivity contribution < 1.29 is 4.79 Å². The average molecular weight is 285 g/mol. The van der Waals surface area contributed by atoms with Gasteiger partial charge in [-0.25, -0.2) is 0 Å². The minimum Gasteiger partial charge on any atom is -0.325 e. The first-order valence-corrected chi connectivity index (χ1v) is 6.54. The zero-order valence-corrected chi connectivity index (χ0v) is 13.2. The second-order valence-electron chi connectivity index (χ2n) is 5.23. The van der Waals surface area contributed by atoms with E-state index in [1.807, 2.05) is 6.07 Å². The van der Waals surface area contributed by atoms with Crippen LogP contribution in [0.2, 0.25) is 0 Å². The van der Waals surface area contributed by atoms with Gasteiger partial charge in [0.25, 0.3) is 0 Å². The Morgan fingerprint density at radius 1 is 1.16 bits per heavy atom. The number of nitrogens with one attached hydrogen (secondary N) is 2. The maximum atomic E-state index is 11.6. The van der Waals surface area contributed by atoms with Gasteiger partial charge in [-0.1, -0.05) is 39.8 Å². The smallest absolute Gasteiger partial charge is 0.238 e. The monoisotopic (exact) mass is 284 g/mol. The first-order valence-electron chi connectivity index (χ1n) is 6.54. The molecule has 1 aromatic carbocycles. The van der Waals surface area contributed by atoms with Crippen molar-refractivity contribution in [3.63, 3.8) is 0 Å². The summed E-state index contributed by atoms with van der Waals surface area (Å²) < 4.78 is 0. The molecule has 19 heavy (non-hydrogen) atoms. The van der Waals surface area contributed by atoms with E-state index in [0.29, 0.717) is 18.4 Å². The molecule has 108 valence electrons. The molecule has 0 heterocycles. The zero-order chi connectivity index (χ0) is 13.7. The van der Waals surface area contributed by atoms with Crippen molar-refractivity contribution >= 4 is 24.0 Å². The van der Waals surface area contributed by atoms with Gasteiger partial charge in [-0.2, -0.15) is 0 Å². The maximum Gasteiger partial charge on any atom is 0.238 e. The van der Waals surface area contributed by atoms with Gasteiger partial charge in [-0.05, 0) is 36.1 Å². The third kappa shape index (κ3) is 5.21. The molecular weight excluding hydrogens is 260 g/mol. The summed E-state index contributed by atoms with van der Waals surface area (Å²) in [6, 6.07) is 6.30. The van der Waals surface area contributed by atoms with E-state index < -0.39 is 0 Å². The van der Waals surface area contributed by atoms with Gasteiger partial charge >= 0.3 is 0 Å². The summed E-state index contributed by atoms with van der Waals surface area (Å²) in [5.74, 6) is 0.898.